The van der Waals surface area contributed by atoms with Crippen LogP contribution in [0.25, 0.3) is 11.0 Å². The molecule has 36 heavy (non-hydrogen) atoms. The summed E-state index contributed by atoms with van der Waals surface area (Å²) in [6, 6.07) is 6.76. The van der Waals surface area contributed by atoms with E-state index < -0.39 is 27.0 Å². The molecule has 0 bridgehead atoms. The molecule has 0 amide bonds. The highest BCUT2D eigenvalue weighted by molar-refractivity contribution is 7.93. The number of methoxy groups -OCH3 is 1. The van der Waals surface area contributed by atoms with E-state index in [1.54, 1.807) is 29.2 Å². The molecular weight excluding hydrogens is 505 g/mol. The van der Waals surface area contributed by atoms with Crippen LogP contribution in [0.15, 0.2) is 52.1 Å². The van der Waals surface area contributed by atoms with Crippen LogP contribution in [-0.4, -0.2) is 43.4 Å². The number of hydrogen-bond donors (Lipinski definition) is 1. The van der Waals surface area contributed by atoms with Gasteiger partial charge in [0.25, 0.3) is 10.0 Å². The molecule has 3 heterocycles. The summed E-state index contributed by atoms with van der Waals surface area (Å²) >= 11 is 0. The SMILES string of the molecule is COc1cccc(OC(F)(F)F)c1S(=O)(=O)Nc1noc2cc(Cn3cccn3)c3c(c12)OCCC3. The first-order valence-electron chi connectivity index (χ1n) is 10.7. The third kappa shape index (κ3) is 4.51. The summed E-state index contributed by atoms with van der Waals surface area (Å²) in [5.41, 5.74) is 1.94. The zero-order valence-corrected chi connectivity index (χ0v) is 19.5. The van der Waals surface area contributed by atoms with Crippen LogP contribution in [0.3, 0.4) is 0 Å². The van der Waals surface area contributed by atoms with E-state index in [2.05, 4.69) is 19.7 Å². The van der Waals surface area contributed by atoms with Gasteiger partial charge in [0.15, 0.2) is 22.0 Å². The van der Waals surface area contributed by atoms with E-state index in [1.165, 1.54) is 12.1 Å². The van der Waals surface area contributed by atoms with Crippen molar-refractivity contribution in [2.24, 2.45) is 0 Å². The molecule has 190 valence electrons. The molecule has 4 aromatic rings. The van der Waals surface area contributed by atoms with Crippen molar-refractivity contribution in [2.45, 2.75) is 30.6 Å². The molecule has 0 saturated heterocycles. The van der Waals surface area contributed by atoms with Gasteiger partial charge in [0, 0.05) is 18.0 Å². The molecule has 1 aliphatic rings. The summed E-state index contributed by atoms with van der Waals surface area (Å²) in [5.74, 6) is -1.15. The number of nitrogens with zero attached hydrogens (tertiary/aromatic N) is 3. The average Bonchev–Trinajstić information content (AvgIpc) is 3.47. The molecule has 14 heteroatoms. The maximum Gasteiger partial charge on any atom is 0.573 e. The lowest BCUT2D eigenvalue weighted by Gasteiger charge is -2.21. The number of rotatable bonds is 7. The van der Waals surface area contributed by atoms with Crippen molar-refractivity contribution in [3.05, 3.63) is 53.9 Å². The normalized spacial score (nSPS) is 13.8. The molecule has 5 rings (SSSR count). The average molecular weight is 524 g/mol. The lowest BCUT2D eigenvalue weighted by atomic mass is 9.97. The number of sulfonamides is 1. The number of ether oxygens (including phenoxy) is 3. The van der Waals surface area contributed by atoms with Gasteiger partial charge in [0.2, 0.25) is 0 Å². The van der Waals surface area contributed by atoms with E-state index in [0.29, 0.717) is 25.3 Å². The summed E-state index contributed by atoms with van der Waals surface area (Å²) in [4.78, 5) is -0.842. The minimum absolute atomic E-state index is 0.238. The number of hydrogen-bond acceptors (Lipinski definition) is 8. The molecule has 0 fully saturated rings. The molecule has 0 atom stereocenters. The van der Waals surface area contributed by atoms with E-state index in [0.717, 1.165) is 30.7 Å². The number of aromatic nitrogens is 3. The van der Waals surface area contributed by atoms with Crippen molar-refractivity contribution in [3.63, 3.8) is 0 Å². The number of halogens is 3. The quantitative estimate of drug-likeness (QED) is 0.384. The summed E-state index contributed by atoms with van der Waals surface area (Å²) in [6.45, 7) is 0.816. The number of benzene rings is 2. The van der Waals surface area contributed by atoms with Crippen LogP contribution in [0.1, 0.15) is 17.5 Å². The Morgan fingerprint density at radius 3 is 2.75 bits per heavy atom. The molecule has 0 radical (unpaired) electrons. The molecular formula is C22H19F3N4O6S. The van der Waals surface area contributed by atoms with Crippen LogP contribution in [-0.2, 0) is 23.0 Å². The van der Waals surface area contributed by atoms with Gasteiger partial charge in [-0.2, -0.15) is 5.10 Å². The zero-order chi connectivity index (χ0) is 25.5. The van der Waals surface area contributed by atoms with Gasteiger partial charge in [-0.3, -0.25) is 9.40 Å². The smallest absolute Gasteiger partial charge is 0.495 e. The van der Waals surface area contributed by atoms with Gasteiger partial charge in [-0.15, -0.1) is 13.2 Å². The van der Waals surface area contributed by atoms with Crippen LogP contribution < -0.4 is 18.9 Å². The van der Waals surface area contributed by atoms with Crippen LogP contribution in [0, 0.1) is 0 Å². The fourth-order valence-electron chi connectivity index (χ4n) is 4.10. The topological polar surface area (TPSA) is 118 Å². The standard InChI is InChI=1S/C22H19F3N4O6S/c1-32-15-6-2-7-16(34-22(23,24)25)20(15)36(30,31)28-21-18-17(35-27-21)11-13(12-29-9-4-8-26-29)14-5-3-10-33-19(14)18/h2,4,6-9,11H,3,5,10,12H2,1H3,(H,27,28). The lowest BCUT2D eigenvalue weighted by molar-refractivity contribution is -0.275. The highest BCUT2D eigenvalue weighted by atomic mass is 32.2. The van der Waals surface area contributed by atoms with E-state index in [9.17, 15) is 21.6 Å². The maximum absolute atomic E-state index is 13.3. The fourth-order valence-corrected chi connectivity index (χ4v) is 5.39. The summed E-state index contributed by atoms with van der Waals surface area (Å²) < 4.78 is 89.7. The Kier molecular flexibility index (Phi) is 5.90. The lowest BCUT2D eigenvalue weighted by Crippen LogP contribution is -2.21. The number of nitrogens with one attached hydrogen (secondary N) is 1. The van der Waals surface area contributed by atoms with Crippen molar-refractivity contribution in [3.8, 4) is 17.2 Å². The minimum Gasteiger partial charge on any atom is -0.495 e. The van der Waals surface area contributed by atoms with E-state index >= 15 is 0 Å². The van der Waals surface area contributed by atoms with E-state index in [1.807, 2.05) is 0 Å². The van der Waals surface area contributed by atoms with Gasteiger partial charge in [0.05, 0.1) is 20.3 Å². The summed E-state index contributed by atoms with van der Waals surface area (Å²) in [5, 5.41) is 8.31. The number of fused-ring (bicyclic) bond motifs is 3. The maximum atomic E-state index is 13.3. The van der Waals surface area contributed by atoms with Crippen molar-refractivity contribution >= 4 is 26.8 Å². The first-order valence-corrected chi connectivity index (χ1v) is 12.1. The molecule has 1 N–H and O–H groups in total. The van der Waals surface area contributed by atoms with Gasteiger partial charge >= 0.3 is 6.36 Å². The Balaban J connectivity index is 1.59. The highest BCUT2D eigenvalue weighted by Crippen LogP contribution is 2.42. The molecule has 0 unspecified atom stereocenters. The second kappa shape index (κ2) is 8.93. The molecule has 2 aromatic carbocycles. The zero-order valence-electron chi connectivity index (χ0n) is 18.7. The molecule has 1 aliphatic heterocycles. The Morgan fingerprint density at radius 1 is 1.22 bits per heavy atom. The van der Waals surface area contributed by atoms with Crippen molar-refractivity contribution in [2.75, 3.05) is 18.4 Å². The van der Waals surface area contributed by atoms with E-state index in [-0.39, 0.29) is 22.5 Å². The van der Waals surface area contributed by atoms with Crippen molar-refractivity contribution in [1.29, 1.82) is 0 Å². The number of anilines is 1. The third-order valence-electron chi connectivity index (χ3n) is 5.51. The van der Waals surface area contributed by atoms with Crippen molar-refractivity contribution < 1.29 is 40.3 Å². The second-order valence-electron chi connectivity index (χ2n) is 7.84. The van der Waals surface area contributed by atoms with Gasteiger partial charge < -0.3 is 18.7 Å². The first-order chi connectivity index (χ1) is 17.2. The predicted molar refractivity (Wildman–Crippen MR) is 120 cm³/mol. The van der Waals surface area contributed by atoms with Crippen LogP contribution in [0.5, 0.6) is 17.2 Å². The Hall–Kier alpha value is -3.94. The van der Waals surface area contributed by atoms with Gasteiger partial charge in [0.1, 0.15) is 16.9 Å². The Bertz CT molecular complexity index is 1520. The van der Waals surface area contributed by atoms with Crippen molar-refractivity contribution in [1.82, 2.24) is 14.9 Å². The fraction of sp³-hybridized carbons (Fsp3) is 0.273. The van der Waals surface area contributed by atoms with E-state index in [4.69, 9.17) is 14.0 Å². The monoisotopic (exact) mass is 524 g/mol. The Morgan fingerprint density at radius 2 is 2.03 bits per heavy atom. The molecule has 0 aliphatic carbocycles. The Labute approximate surface area is 202 Å². The van der Waals surface area contributed by atoms with Gasteiger partial charge in [-0.05, 0) is 42.7 Å². The van der Waals surface area contributed by atoms with Crippen LogP contribution in [0.4, 0.5) is 19.0 Å². The second-order valence-corrected chi connectivity index (χ2v) is 9.46. The highest BCUT2D eigenvalue weighted by Gasteiger charge is 2.36. The summed E-state index contributed by atoms with van der Waals surface area (Å²) in [6.07, 6.45) is -0.272. The summed E-state index contributed by atoms with van der Waals surface area (Å²) in [7, 11) is -3.56. The van der Waals surface area contributed by atoms with Crippen LogP contribution >= 0.6 is 0 Å². The molecule has 2 aromatic heterocycles. The minimum atomic E-state index is -5.13. The van der Waals surface area contributed by atoms with Gasteiger partial charge in [-0.25, -0.2) is 8.42 Å². The molecule has 10 nitrogen and oxygen atoms in total. The third-order valence-corrected chi connectivity index (χ3v) is 6.91. The largest absolute Gasteiger partial charge is 0.573 e. The van der Waals surface area contributed by atoms with Gasteiger partial charge in [-0.1, -0.05) is 11.2 Å². The first kappa shape index (κ1) is 23.8. The molecule has 0 saturated carbocycles. The predicted octanol–water partition coefficient (Wildman–Crippen LogP) is 4.11. The number of alkyl halides is 3. The molecule has 0 spiro atoms. The van der Waals surface area contributed by atoms with Crippen LogP contribution in [0.2, 0.25) is 0 Å².